The Morgan fingerprint density at radius 1 is 1.00 bits per heavy atom. The van der Waals surface area contributed by atoms with Gasteiger partial charge in [0.05, 0.1) is 31.4 Å². The number of carbonyl (C=O) groups excluding carboxylic acids is 3. The zero-order valence-corrected chi connectivity index (χ0v) is 24.7. The molecule has 8 heteroatoms. The molecule has 0 saturated carbocycles. The lowest BCUT2D eigenvalue weighted by molar-refractivity contribution is -0.150. The van der Waals surface area contributed by atoms with E-state index in [0.717, 1.165) is 40.9 Å². The van der Waals surface area contributed by atoms with Crippen molar-refractivity contribution < 1.29 is 24.2 Å². The summed E-state index contributed by atoms with van der Waals surface area (Å²) in [6.45, 7) is 3.56. The van der Waals surface area contributed by atoms with Crippen molar-refractivity contribution in [2.75, 3.05) is 29.5 Å². The standard InChI is InChI=1S/C35H39N3O5/c1-25-20-29(22-33(41)36(18-19-39)23-26-10-4-2-5-11-26)43-35(25)30-21-28(37-17-9-8-14-32(37)40)15-16-31(30)38(34(35)42)24-27-12-6-3-7-13-27/h2-7,10-13,15-16,21,25,29,39H,8-9,14,17-20,22-24H2,1H3/t25-,29-,35+/m1/s1. The molecule has 1 N–H and O–H groups in total. The van der Waals surface area contributed by atoms with Gasteiger partial charge in [-0.3, -0.25) is 14.4 Å². The summed E-state index contributed by atoms with van der Waals surface area (Å²) in [7, 11) is 0. The molecule has 1 spiro atoms. The number of nitrogens with zero attached hydrogens (tertiary/aromatic N) is 3. The van der Waals surface area contributed by atoms with Gasteiger partial charge >= 0.3 is 0 Å². The predicted octanol–water partition coefficient (Wildman–Crippen LogP) is 4.78. The number of anilines is 2. The van der Waals surface area contributed by atoms with Crippen LogP contribution in [-0.4, -0.2) is 53.5 Å². The van der Waals surface area contributed by atoms with Crippen LogP contribution in [0.5, 0.6) is 0 Å². The fraction of sp³-hybridized carbons (Fsp3) is 0.400. The van der Waals surface area contributed by atoms with Gasteiger partial charge in [0.2, 0.25) is 11.8 Å². The zero-order valence-electron chi connectivity index (χ0n) is 24.7. The van der Waals surface area contributed by atoms with Gasteiger partial charge in [0.15, 0.2) is 5.60 Å². The molecule has 3 aromatic carbocycles. The van der Waals surface area contributed by atoms with Crippen molar-refractivity contribution in [3.05, 3.63) is 95.6 Å². The van der Waals surface area contributed by atoms with E-state index in [1.54, 1.807) is 9.80 Å². The second kappa shape index (κ2) is 12.3. The molecule has 8 nitrogen and oxygen atoms in total. The van der Waals surface area contributed by atoms with Crippen molar-refractivity contribution in [1.29, 1.82) is 0 Å². The Hall–Kier alpha value is -4.01. The highest BCUT2D eigenvalue weighted by atomic mass is 16.5. The minimum atomic E-state index is -1.24. The van der Waals surface area contributed by atoms with Gasteiger partial charge in [-0.25, -0.2) is 0 Å². The number of fused-ring (bicyclic) bond motifs is 2. The average molecular weight is 582 g/mol. The topological polar surface area (TPSA) is 90.4 Å². The van der Waals surface area contributed by atoms with Crippen molar-refractivity contribution in [2.24, 2.45) is 5.92 Å². The third-order valence-electron chi connectivity index (χ3n) is 9.06. The van der Waals surface area contributed by atoms with Crippen LogP contribution in [0.3, 0.4) is 0 Å². The van der Waals surface area contributed by atoms with Crippen molar-refractivity contribution in [1.82, 2.24) is 4.90 Å². The third kappa shape index (κ3) is 5.57. The second-order valence-electron chi connectivity index (χ2n) is 11.9. The molecule has 0 bridgehead atoms. The minimum Gasteiger partial charge on any atom is -0.395 e. The van der Waals surface area contributed by atoms with Crippen LogP contribution in [0.1, 0.15) is 55.7 Å². The first-order valence-corrected chi connectivity index (χ1v) is 15.3. The van der Waals surface area contributed by atoms with E-state index in [4.69, 9.17) is 4.74 Å². The molecule has 3 amide bonds. The van der Waals surface area contributed by atoms with Crippen LogP contribution in [0.4, 0.5) is 11.4 Å². The van der Waals surface area contributed by atoms with E-state index in [0.29, 0.717) is 32.5 Å². The van der Waals surface area contributed by atoms with Gasteiger partial charge in [-0.05, 0) is 48.6 Å². The van der Waals surface area contributed by atoms with E-state index in [2.05, 4.69) is 0 Å². The van der Waals surface area contributed by atoms with Gasteiger partial charge in [-0.2, -0.15) is 0 Å². The van der Waals surface area contributed by atoms with Gasteiger partial charge in [0.25, 0.3) is 5.91 Å². The minimum absolute atomic E-state index is 0.0944. The Morgan fingerprint density at radius 2 is 1.72 bits per heavy atom. The van der Waals surface area contributed by atoms with E-state index < -0.39 is 11.7 Å². The lowest BCUT2D eigenvalue weighted by atomic mass is 9.82. The number of aliphatic hydroxyl groups excluding tert-OH is 1. The summed E-state index contributed by atoms with van der Waals surface area (Å²) in [5.41, 5.74) is 3.08. The first-order chi connectivity index (χ1) is 20.9. The fourth-order valence-electron chi connectivity index (χ4n) is 6.89. The highest BCUT2D eigenvalue weighted by Gasteiger charge is 2.60. The molecule has 0 aromatic heterocycles. The molecule has 0 unspecified atom stereocenters. The van der Waals surface area contributed by atoms with Crippen LogP contribution in [0.25, 0.3) is 0 Å². The Bertz CT molecular complexity index is 1480. The lowest BCUT2D eigenvalue weighted by Crippen LogP contribution is -2.44. The highest BCUT2D eigenvalue weighted by molar-refractivity contribution is 6.08. The molecule has 2 fully saturated rings. The number of aliphatic hydroxyl groups is 1. The van der Waals surface area contributed by atoms with Gasteiger partial charge in [0, 0.05) is 43.2 Å². The SMILES string of the molecule is C[C@@H]1C[C@H](CC(=O)N(CCO)Cc2ccccc2)O[C@@]12C(=O)N(Cc1ccccc1)c1ccc(N3CCCCC3=O)cc12. The van der Waals surface area contributed by atoms with Crippen LogP contribution in [0, 0.1) is 5.92 Å². The van der Waals surface area contributed by atoms with Crippen LogP contribution in [-0.2, 0) is 37.8 Å². The maximum atomic E-state index is 14.5. The normalized spacial score (nSPS) is 23.2. The van der Waals surface area contributed by atoms with Crippen LogP contribution < -0.4 is 9.80 Å². The molecule has 6 rings (SSSR count). The Labute approximate surface area is 252 Å². The predicted molar refractivity (Wildman–Crippen MR) is 164 cm³/mol. The van der Waals surface area contributed by atoms with Crippen LogP contribution in [0.15, 0.2) is 78.9 Å². The molecular weight excluding hydrogens is 542 g/mol. The summed E-state index contributed by atoms with van der Waals surface area (Å²) in [4.78, 5) is 46.1. The van der Waals surface area contributed by atoms with E-state index in [9.17, 15) is 19.5 Å². The number of rotatable bonds is 9. The molecular formula is C35H39N3O5. The summed E-state index contributed by atoms with van der Waals surface area (Å²) >= 11 is 0. The number of hydrogen-bond acceptors (Lipinski definition) is 5. The fourth-order valence-corrected chi connectivity index (χ4v) is 6.89. The molecule has 2 saturated heterocycles. The molecule has 224 valence electrons. The summed E-state index contributed by atoms with van der Waals surface area (Å²) in [5.74, 6) is -0.346. The first kappa shape index (κ1) is 29.1. The quantitative estimate of drug-likeness (QED) is 0.393. The first-order valence-electron chi connectivity index (χ1n) is 15.3. The number of amides is 3. The average Bonchev–Trinajstić information content (AvgIpc) is 3.47. The molecule has 43 heavy (non-hydrogen) atoms. The number of benzene rings is 3. The van der Waals surface area contributed by atoms with E-state index in [1.165, 1.54) is 0 Å². The molecule has 3 aliphatic rings. The summed E-state index contributed by atoms with van der Waals surface area (Å²) < 4.78 is 6.74. The van der Waals surface area contributed by atoms with Gasteiger partial charge in [-0.15, -0.1) is 0 Å². The molecule has 3 aromatic rings. The maximum Gasteiger partial charge on any atom is 0.264 e. The lowest BCUT2D eigenvalue weighted by Gasteiger charge is -2.30. The van der Waals surface area contributed by atoms with E-state index in [-0.39, 0.29) is 43.2 Å². The van der Waals surface area contributed by atoms with Crippen LogP contribution >= 0.6 is 0 Å². The van der Waals surface area contributed by atoms with Crippen molar-refractivity contribution in [2.45, 2.75) is 63.8 Å². The largest absolute Gasteiger partial charge is 0.395 e. The highest BCUT2D eigenvalue weighted by Crippen LogP contribution is 2.54. The second-order valence-corrected chi connectivity index (χ2v) is 11.9. The Balaban J connectivity index is 1.30. The molecule has 3 heterocycles. The van der Waals surface area contributed by atoms with Gasteiger partial charge < -0.3 is 24.5 Å². The Morgan fingerprint density at radius 3 is 2.42 bits per heavy atom. The van der Waals surface area contributed by atoms with Crippen molar-refractivity contribution in [3.63, 3.8) is 0 Å². The van der Waals surface area contributed by atoms with E-state index >= 15 is 0 Å². The maximum absolute atomic E-state index is 14.5. The Kier molecular flexibility index (Phi) is 8.32. The third-order valence-corrected chi connectivity index (χ3v) is 9.06. The summed E-state index contributed by atoms with van der Waals surface area (Å²) in [6.07, 6.45) is 2.55. The zero-order chi connectivity index (χ0) is 30.0. The van der Waals surface area contributed by atoms with E-state index in [1.807, 2.05) is 90.7 Å². The molecule has 3 aliphatic heterocycles. The number of carbonyl (C=O) groups is 3. The summed E-state index contributed by atoms with van der Waals surface area (Å²) in [5, 5.41) is 9.68. The number of hydrogen-bond donors (Lipinski definition) is 1. The van der Waals surface area contributed by atoms with Crippen molar-refractivity contribution in [3.8, 4) is 0 Å². The molecule has 0 aliphatic carbocycles. The smallest absolute Gasteiger partial charge is 0.264 e. The molecule has 3 atom stereocenters. The number of ether oxygens (including phenoxy) is 1. The van der Waals surface area contributed by atoms with Gasteiger partial charge in [-0.1, -0.05) is 67.6 Å². The molecule has 0 radical (unpaired) electrons. The van der Waals surface area contributed by atoms with Gasteiger partial charge in [0.1, 0.15) is 0 Å². The summed E-state index contributed by atoms with van der Waals surface area (Å²) in [6, 6.07) is 25.4. The monoisotopic (exact) mass is 581 g/mol. The van der Waals surface area contributed by atoms with Crippen molar-refractivity contribution >= 4 is 29.1 Å². The number of piperidine rings is 1. The van der Waals surface area contributed by atoms with Crippen LogP contribution in [0.2, 0.25) is 0 Å².